The highest BCUT2D eigenvalue weighted by atomic mass is 35.5. The summed E-state index contributed by atoms with van der Waals surface area (Å²) in [6.07, 6.45) is 1.35. The lowest BCUT2D eigenvalue weighted by molar-refractivity contribution is -0.135. The zero-order chi connectivity index (χ0) is 16.4. The van der Waals surface area contributed by atoms with Crippen LogP contribution in [-0.4, -0.2) is 15.5 Å². The Morgan fingerprint density at radius 2 is 2.04 bits per heavy atom. The van der Waals surface area contributed by atoms with Gasteiger partial charge in [-0.15, -0.1) is 0 Å². The predicted molar refractivity (Wildman–Crippen MR) is 87.8 cm³/mol. The number of carbonyl (C=O) groups excluding carboxylic acids is 1. The van der Waals surface area contributed by atoms with Crippen LogP contribution < -0.4 is 10.3 Å². The molecule has 1 heterocycles. The number of halogens is 1. The van der Waals surface area contributed by atoms with Crippen LogP contribution in [0.1, 0.15) is 5.56 Å². The lowest BCUT2D eigenvalue weighted by Gasteiger charge is -2.09. The number of aromatic nitrogens is 2. The van der Waals surface area contributed by atoms with Crippen molar-refractivity contribution in [3.63, 3.8) is 0 Å². The van der Waals surface area contributed by atoms with E-state index < -0.39 is 5.97 Å². The number of para-hydroxylation sites is 1. The number of benzene rings is 2. The smallest absolute Gasteiger partial charge is 0.331 e. The van der Waals surface area contributed by atoms with Crippen LogP contribution in [0.15, 0.2) is 53.6 Å². The summed E-state index contributed by atoms with van der Waals surface area (Å²) in [7, 11) is 0. The largest absolute Gasteiger partial charge is 0.425 e. The van der Waals surface area contributed by atoms with E-state index in [-0.39, 0.29) is 12.1 Å². The van der Waals surface area contributed by atoms with Gasteiger partial charge >= 0.3 is 5.97 Å². The number of rotatable bonds is 3. The number of esters is 1. The molecule has 0 fully saturated rings. The minimum atomic E-state index is -0.547. The van der Waals surface area contributed by atoms with Crippen LogP contribution >= 0.6 is 11.6 Å². The van der Waals surface area contributed by atoms with E-state index in [4.69, 9.17) is 16.3 Å². The van der Waals surface area contributed by atoms with Gasteiger partial charge in [-0.1, -0.05) is 23.7 Å². The summed E-state index contributed by atoms with van der Waals surface area (Å²) >= 11 is 5.87. The summed E-state index contributed by atoms with van der Waals surface area (Å²) in [4.78, 5) is 28.6. The van der Waals surface area contributed by atoms with Gasteiger partial charge in [0, 0.05) is 5.02 Å². The van der Waals surface area contributed by atoms with E-state index in [1.54, 1.807) is 49.4 Å². The monoisotopic (exact) mass is 328 g/mol. The molecule has 3 rings (SSSR count). The van der Waals surface area contributed by atoms with Gasteiger partial charge in [-0.25, -0.2) is 9.78 Å². The zero-order valence-corrected chi connectivity index (χ0v) is 13.1. The Morgan fingerprint density at radius 3 is 2.83 bits per heavy atom. The molecule has 6 heteroatoms. The Kier molecular flexibility index (Phi) is 4.12. The molecule has 1 aromatic heterocycles. The van der Waals surface area contributed by atoms with Crippen LogP contribution in [-0.2, 0) is 11.3 Å². The van der Waals surface area contributed by atoms with Crippen LogP contribution in [0.2, 0.25) is 5.02 Å². The number of fused-ring (bicyclic) bond motifs is 1. The summed E-state index contributed by atoms with van der Waals surface area (Å²) in [5.41, 5.74) is 1.06. The Bertz CT molecular complexity index is 950. The van der Waals surface area contributed by atoms with Crippen LogP contribution in [0.4, 0.5) is 0 Å². The number of hydrogen-bond acceptors (Lipinski definition) is 4. The molecule has 0 saturated heterocycles. The average Bonchev–Trinajstić information content (AvgIpc) is 2.53. The van der Waals surface area contributed by atoms with E-state index in [1.165, 1.54) is 10.9 Å². The summed E-state index contributed by atoms with van der Waals surface area (Å²) in [5.74, 6) is -0.129. The van der Waals surface area contributed by atoms with Gasteiger partial charge in [0.05, 0.1) is 17.2 Å². The Hall–Kier alpha value is -2.66. The van der Waals surface area contributed by atoms with Crippen molar-refractivity contribution in [1.82, 2.24) is 9.55 Å². The van der Waals surface area contributed by atoms with E-state index in [0.29, 0.717) is 21.7 Å². The number of aryl methyl sites for hydroxylation is 1. The van der Waals surface area contributed by atoms with Crippen molar-refractivity contribution in [3.8, 4) is 5.75 Å². The van der Waals surface area contributed by atoms with Gasteiger partial charge in [-0.3, -0.25) is 9.36 Å². The molecule has 3 aromatic rings. The van der Waals surface area contributed by atoms with Crippen LogP contribution in [0.5, 0.6) is 5.75 Å². The van der Waals surface area contributed by atoms with Crippen LogP contribution in [0, 0.1) is 6.92 Å². The molecular weight excluding hydrogens is 316 g/mol. The van der Waals surface area contributed by atoms with E-state index in [0.717, 1.165) is 5.56 Å². The molecule has 0 amide bonds. The Labute approximate surface area is 137 Å². The van der Waals surface area contributed by atoms with Crippen molar-refractivity contribution in [1.29, 1.82) is 0 Å². The van der Waals surface area contributed by atoms with Gasteiger partial charge in [-0.05, 0) is 42.8 Å². The second-order valence-corrected chi connectivity index (χ2v) is 5.52. The maximum atomic E-state index is 12.3. The molecule has 0 N–H and O–H groups in total. The molecular formula is C17H13ClN2O3. The fourth-order valence-corrected chi connectivity index (χ4v) is 2.47. The number of nitrogens with zero attached hydrogens (tertiary/aromatic N) is 2. The summed E-state index contributed by atoms with van der Waals surface area (Å²) < 4.78 is 6.52. The molecule has 5 nitrogen and oxygen atoms in total. The molecule has 116 valence electrons. The van der Waals surface area contributed by atoms with E-state index in [1.807, 2.05) is 0 Å². The summed E-state index contributed by atoms with van der Waals surface area (Å²) in [6.45, 7) is 1.58. The first-order valence-electron chi connectivity index (χ1n) is 6.95. The predicted octanol–water partition coefficient (Wildman–Crippen LogP) is 2.96. The minimum Gasteiger partial charge on any atom is -0.425 e. The van der Waals surface area contributed by atoms with Crippen molar-refractivity contribution in [2.75, 3.05) is 0 Å². The van der Waals surface area contributed by atoms with Gasteiger partial charge in [0.2, 0.25) is 0 Å². The number of carbonyl (C=O) groups is 1. The summed E-state index contributed by atoms with van der Waals surface area (Å²) in [5, 5.41) is 1.03. The van der Waals surface area contributed by atoms with E-state index in [9.17, 15) is 9.59 Å². The standard InChI is InChI=1S/C17H13ClN2O3/c1-11-8-12(18)6-7-15(11)23-16(21)9-20-10-19-14-5-3-2-4-13(14)17(20)22/h2-8,10H,9H2,1H3. The topological polar surface area (TPSA) is 61.2 Å². The zero-order valence-electron chi connectivity index (χ0n) is 12.3. The molecule has 0 unspecified atom stereocenters. The van der Waals surface area contributed by atoms with Crippen molar-refractivity contribution < 1.29 is 9.53 Å². The second kappa shape index (κ2) is 6.22. The number of hydrogen-bond donors (Lipinski definition) is 0. The lowest BCUT2D eigenvalue weighted by atomic mass is 10.2. The molecule has 0 atom stereocenters. The molecule has 23 heavy (non-hydrogen) atoms. The first-order chi connectivity index (χ1) is 11.0. The highest BCUT2D eigenvalue weighted by molar-refractivity contribution is 6.30. The molecule has 0 aliphatic heterocycles. The Morgan fingerprint density at radius 1 is 1.26 bits per heavy atom. The maximum absolute atomic E-state index is 12.3. The highest BCUT2D eigenvalue weighted by Gasteiger charge is 2.11. The van der Waals surface area contributed by atoms with Crippen molar-refractivity contribution >= 4 is 28.5 Å². The fraction of sp³-hybridized carbons (Fsp3) is 0.118. The fourth-order valence-electron chi connectivity index (χ4n) is 2.24. The van der Waals surface area contributed by atoms with Crippen molar-refractivity contribution in [2.45, 2.75) is 13.5 Å². The maximum Gasteiger partial charge on any atom is 0.331 e. The summed E-state index contributed by atoms with van der Waals surface area (Å²) in [6, 6.07) is 11.9. The van der Waals surface area contributed by atoms with E-state index >= 15 is 0 Å². The number of ether oxygens (including phenoxy) is 1. The normalized spacial score (nSPS) is 10.7. The SMILES string of the molecule is Cc1cc(Cl)ccc1OC(=O)Cn1cnc2ccccc2c1=O. The quantitative estimate of drug-likeness (QED) is 0.548. The van der Waals surface area contributed by atoms with Gasteiger partial charge in [0.15, 0.2) is 0 Å². The molecule has 0 bridgehead atoms. The third-order valence-corrected chi connectivity index (χ3v) is 3.63. The van der Waals surface area contributed by atoms with Crippen molar-refractivity contribution in [2.24, 2.45) is 0 Å². The minimum absolute atomic E-state index is 0.210. The first-order valence-corrected chi connectivity index (χ1v) is 7.33. The van der Waals surface area contributed by atoms with Crippen LogP contribution in [0.25, 0.3) is 10.9 Å². The molecule has 0 saturated carbocycles. The van der Waals surface area contributed by atoms with Gasteiger partial charge < -0.3 is 4.74 Å². The third kappa shape index (κ3) is 3.24. The average molecular weight is 329 g/mol. The lowest BCUT2D eigenvalue weighted by Crippen LogP contribution is -2.27. The van der Waals surface area contributed by atoms with Crippen molar-refractivity contribution in [3.05, 3.63) is 69.7 Å². The second-order valence-electron chi connectivity index (χ2n) is 5.08. The van der Waals surface area contributed by atoms with Gasteiger partial charge in [0.25, 0.3) is 5.56 Å². The Balaban J connectivity index is 1.83. The molecule has 0 spiro atoms. The highest BCUT2D eigenvalue weighted by Crippen LogP contribution is 2.21. The van der Waals surface area contributed by atoms with Crippen LogP contribution in [0.3, 0.4) is 0 Å². The molecule has 0 radical (unpaired) electrons. The molecule has 0 aliphatic carbocycles. The molecule has 2 aromatic carbocycles. The first kappa shape index (κ1) is 15.2. The third-order valence-electron chi connectivity index (χ3n) is 3.39. The van der Waals surface area contributed by atoms with E-state index in [2.05, 4.69) is 4.98 Å². The van der Waals surface area contributed by atoms with Gasteiger partial charge in [-0.2, -0.15) is 0 Å². The van der Waals surface area contributed by atoms with Gasteiger partial charge in [0.1, 0.15) is 12.3 Å². The molecule has 0 aliphatic rings.